The summed E-state index contributed by atoms with van der Waals surface area (Å²) in [6.45, 7) is 4.13. The summed E-state index contributed by atoms with van der Waals surface area (Å²) in [7, 11) is 0. The maximum atomic E-state index is 15.3. The quantitative estimate of drug-likeness (QED) is 0.220. The molecule has 5 aromatic heterocycles. The van der Waals surface area contributed by atoms with Crippen LogP contribution in [0.5, 0.6) is 0 Å². The molecular formula is C31H21FN8. The molecular weight excluding hydrogens is 503 g/mol. The smallest absolute Gasteiger partial charge is 0.159 e. The van der Waals surface area contributed by atoms with Crippen molar-refractivity contribution < 1.29 is 4.39 Å². The Kier molecular flexibility index (Phi) is 5.59. The zero-order chi connectivity index (χ0) is 27.1. The first-order valence-electron chi connectivity index (χ1n) is 12.5. The highest BCUT2D eigenvalue weighted by Gasteiger charge is 2.19. The van der Waals surface area contributed by atoms with E-state index in [9.17, 15) is 0 Å². The topological polar surface area (TPSA) is 108 Å². The Bertz CT molecular complexity index is 2010. The van der Waals surface area contributed by atoms with E-state index in [1.165, 1.54) is 6.07 Å². The summed E-state index contributed by atoms with van der Waals surface area (Å²) in [6.07, 6.45) is 8.58. The molecule has 0 spiro atoms. The fourth-order valence-corrected chi connectivity index (χ4v) is 4.74. The minimum Gasteiger partial charge on any atom is -0.354 e. The van der Waals surface area contributed by atoms with Gasteiger partial charge in [0.05, 0.1) is 23.1 Å². The van der Waals surface area contributed by atoms with Gasteiger partial charge in [-0.3, -0.25) is 20.1 Å². The van der Waals surface area contributed by atoms with Gasteiger partial charge < -0.3 is 10.3 Å². The first-order valence-corrected chi connectivity index (χ1v) is 12.5. The Morgan fingerprint density at radius 3 is 2.55 bits per heavy atom. The van der Waals surface area contributed by atoms with Gasteiger partial charge in [-0.25, -0.2) is 9.37 Å². The van der Waals surface area contributed by atoms with E-state index >= 15 is 4.39 Å². The second kappa shape index (κ2) is 9.55. The summed E-state index contributed by atoms with van der Waals surface area (Å²) in [6, 6.07) is 20.7. The molecule has 0 aliphatic rings. The molecule has 3 N–H and O–H groups in total. The third-order valence-corrected chi connectivity index (χ3v) is 6.67. The van der Waals surface area contributed by atoms with Crippen LogP contribution in [0.1, 0.15) is 5.56 Å². The van der Waals surface area contributed by atoms with E-state index in [1.807, 2.05) is 60.7 Å². The van der Waals surface area contributed by atoms with E-state index in [4.69, 9.17) is 4.98 Å². The van der Waals surface area contributed by atoms with Crippen molar-refractivity contribution in [2.45, 2.75) is 0 Å². The fourth-order valence-electron chi connectivity index (χ4n) is 4.74. The van der Waals surface area contributed by atoms with Gasteiger partial charge in [-0.05, 0) is 47.5 Å². The Balaban J connectivity index is 1.28. The molecule has 192 valence electrons. The van der Waals surface area contributed by atoms with Crippen molar-refractivity contribution in [1.29, 1.82) is 0 Å². The SMILES string of the molecule is C=C(Nc1cncc(-c2cc(F)c3[nH]nc(-c4nc5c(-c6cccnc6)nccc5[nH]4)c3c2)c1)c1ccccc1. The molecule has 0 unspecified atom stereocenters. The van der Waals surface area contributed by atoms with Crippen LogP contribution in [0.4, 0.5) is 10.1 Å². The molecule has 8 nitrogen and oxygen atoms in total. The van der Waals surface area contributed by atoms with Crippen LogP contribution in [0, 0.1) is 5.82 Å². The van der Waals surface area contributed by atoms with Crippen LogP contribution in [-0.2, 0) is 0 Å². The molecule has 9 heteroatoms. The molecule has 0 amide bonds. The first kappa shape index (κ1) is 23.4. The van der Waals surface area contributed by atoms with E-state index in [0.29, 0.717) is 39.2 Å². The minimum atomic E-state index is -0.424. The van der Waals surface area contributed by atoms with Crippen LogP contribution in [0.2, 0.25) is 0 Å². The van der Waals surface area contributed by atoms with Crippen LogP contribution < -0.4 is 5.32 Å². The number of aromatic nitrogens is 7. The van der Waals surface area contributed by atoms with E-state index in [1.54, 1.807) is 31.0 Å². The van der Waals surface area contributed by atoms with Crippen LogP contribution >= 0.6 is 0 Å². The summed E-state index contributed by atoms with van der Waals surface area (Å²) >= 11 is 0. The average molecular weight is 525 g/mol. The van der Waals surface area contributed by atoms with Gasteiger partial charge >= 0.3 is 0 Å². The summed E-state index contributed by atoms with van der Waals surface area (Å²) in [5.41, 5.74) is 7.67. The molecule has 0 bridgehead atoms. The number of rotatable bonds is 6. The first-order chi connectivity index (χ1) is 19.6. The Morgan fingerprint density at radius 2 is 1.70 bits per heavy atom. The predicted molar refractivity (Wildman–Crippen MR) is 154 cm³/mol. The van der Waals surface area contributed by atoms with E-state index in [2.05, 4.69) is 42.0 Å². The van der Waals surface area contributed by atoms with Crippen molar-refractivity contribution in [2.24, 2.45) is 0 Å². The lowest BCUT2D eigenvalue weighted by molar-refractivity contribution is 0.636. The zero-order valence-corrected chi connectivity index (χ0v) is 21.1. The molecule has 0 saturated heterocycles. The molecule has 0 radical (unpaired) electrons. The van der Waals surface area contributed by atoms with Gasteiger partial charge in [0.25, 0.3) is 0 Å². The Hall–Kier alpha value is -5.70. The summed E-state index contributed by atoms with van der Waals surface area (Å²) in [4.78, 5) is 21.2. The van der Waals surface area contributed by atoms with Gasteiger partial charge in [0.1, 0.15) is 22.5 Å². The standard InChI is InChI=1S/C31H21FN8/c1-18(19-6-3-2-4-7-19)36-23-12-22(16-34-17-23)21-13-24-28(25(32)14-21)39-40-29(24)31-37-26-9-11-35-27(30(26)38-31)20-8-5-10-33-15-20/h2-17,36H,1H2,(H,37,38)(H,39,40). The molecule has 2 aromatic carbocycles. The van der Waals surface area contributed by atoms with Gasteiger partial charge in [-0.1, -0.05) is 36.9 Å². The van der Waals surface area contributed by atoms with Crippen molar-refractivity contribution in [1.82, 2.24) is 35.1 Å². The number of imidazole rings is 1. The van der Waals surface area contributed by atoms with Crippen molar-refractivity contribution >= 4 is 33.3 Å². The lowest BCUT2D eigenvalue weighted by atomic mass is 10.0. The summed E-state index contributed by atoms with van der Waals surface area (Å²) in [5.74, 6) is 0.0794. The molecule has 0 fully saturated rings. The maximum Gasteiger partial charge on any atom is 0.159 e. The number of hydrogen-bond acceptors (Lipinski definition) is 6. The Morgan fingerprint density at radius 1 is 0.825 bits per heavy atom. The number of aromatic amines is 2. The van der Waals surface area contributed by atoms with Crippen molar-refractivity contribution in [2.75, 3.05) is 5.32 Å². The fraction of sp³-hybridized carbons (Fsp3) is 0. The van der Waals surface area contributed by atoms with Crippen LogP contribution in [0.25, 0.3) is 61.5 Å². The molecule has 5 heterocycles. The third kappa shape index (κ3) is 4.15. The van der Waals surface area contributed by atoms with Gasteiger partial charge in [0.15, 0.2) is 5.82 Å². The lowest BCUT2D eigenvalue weighted by Gasteiger charge is -2.11. The molecule has 7 rings (SSSR count). The highest BCUT2D eigenvalue weighted by molar-refractivity contribution is 5.98. The largest absolute Gasteiger partial charge is 0.354 e. The van der Waals surface area contributed by atoms with Crippen molar-refractivity contribution in [3.05, 3.63) is 116 Å². The third-order valence-electron chi connectivity index (χ3n) is 6.67. The molecule has 0 atom stereocenters. The van der Waals surface area contributed by atoms with Crippen molar-refractivity contribution in [3.8, 4) is 33.9 Å². The van der Waals surface area contributed by atoms with E-state index in [-0.39, 0.29) is 0 Å². The summed E-state index contributed by atoms with van der Waals surface area (Å²) < 4.78 is 15.3. The van der Waals surface area contributed by atoms with Crippen LogP contribution in [0.3, 0.4) is 0 Å². The van der Waals surface area contributed by atoms with Crippen LogP contribution in [-0.4, -0.2) is 35.1 Å². The second-order valence-electron chi connectivity index (χ2n) is 9.27. The highest BCUT2D eigenvalue weighted by Crippen LogP contribution is 2.34. The molecule has 7 aromatic rings. The number of hydrogen-bond donors (Lipinski definition) is 3. The molecule has 40 heavy (non-hydrogen) atoms. The number of nitrogens with one attached hydrogen (secondary N) is 3. The zero-order valence-electron chi connectivity index (χ0n) is 21.1. The number of pyridine rings is 3. The number of halogens is 1. The number of H-pyrrole nitrogens is 2. The molecule has 0 aliphatic heterocycles. The molecule has 0 saturated carbocycles. The second-order valence-corrected chi connectivity index (χ2v) is 9.27. The van der Waals surface area contributed by atoms with Crippen molar-refractivity contribution in [3.63, 3.8) is 0 Å². The highest BCUT2D eigenvalue weighted by atomic mass is 19.1. The minimum absolute atomic E-state index is 0.296. The predicted octanol–water partition coefficient (Wildman–Crippen LogP) is 6.85. The lowest BCUT2D eigenvalue weighted by Crippen LogP contribution is -1.98. The van der Waals surface area contributed by atoms with Gasteiger partial charge in [-0.2, -0.15) is 5.10 Å². The number of anilines is 1. The van der Waals surface area contributed by atoms with Gasteiger partial charge in [0.2, 0.25) is 0 Å². The maximum absolute atomic E-state index is 15.3. The normalized spacial score (nSPS) is 11.2. The van der Waals surface area contributed by atoms with E-state index in [0.717, 1.165) is 33.6 Å². The van der Waals surface area contributed by atoms with Crippen LogP contribution in [0.15, 0.2) is 104 Å². The van der Waals surface area contributed by atoms with E-state index < -0.39 is 5.82 Å². The number of nitrogens with zero attached hydrogens (tertiary/aromatic N) is 5. The van der Waals surface area contributed by atoms with Gasteiger partial charge in [0, 0.05) is 47.0 Å². The summed E-state index contributed by atoms with van der Waals surface area (Å²) in [5, 5.41) is 11.1. The monoisotopic (exact) mass is 524 g/mol. The molecule has 0 aliphatic carbocycles. The average Bonchev–Trinajstić information content (AvgIpc) is 3.63. The number of benzene rings is 2. The number of fused-ring (bicyclic) bond motifs is 2. The Labute approximate surface area is 227 Å². The van der Waals surface area contributed by atoms with Gasteiger partial charge in [-0.15, -0.1) is 0 Å².